The molecule has 0 spiro atoms. The molecule has 0 amide bonds. The van der Waals surface area contributed by atoms with E-state index in [4.69, 9.17) is 10.1 Å². The molecular weight excluding hydrogens is 328 g/mol. The summed E-state index contributed by atoms with van der Waals surface area (Å²) in [6.45, 7) is 7.41. The second-order valence-electron chi connectivity index (χ2n) is 6.91. The van der Waals surface area contributed by atoms with Crippen LogP contribution in [0.25, 0.3) is 11.5 Å². The maximum atomic E-state index is 4.76. The van der Waals surface area contributed by atoms with Crippen LogP contribution in [-0.4, -0.2) is 40.4 Å². The van der Waals surface area contributed by atoms with Gasteiger partial charge in [0.05, 0.1) is 0 Å². The van der Waals surface area contributed by atoms with Gasteiger partial charge in [0, 0.05) is 25.6 Å². The van der Waals surface area contributed by atoms with Gasteiger partial charge in [-0.25, -0.2) is 9.67 Å². The van der Waals surface area contributed by atoms with Crippen LogP contribution < -0.4 is 0 Å². The minimum absolute atomic E-state index is 0.507. The number of aromatic nitrogens is 8. The van der Waals surface area contributed by atoms with Crippen LogP contribution in [0.3, 0.4) is 0 Å². The van der Waals surface area contributed by atoms with Gasteiger partial charge >= 0.3 is 0 Å². The first kappa shape index (κ1) is 18.2. The Labute approximate surface area is 153 Å². The second kappa shape index (κ2) is 8.64. The number of tetrazole rings is 1. The van der Waals surface area contributed by atoms with Crippen molar-refractivity contribution in [2.75, 3.05) is 0 Å². The van der Waals surface area contributed by atoms with Gasteiger partial charge < -0.3 is 0 Å². The van der Waals surface area contributed by atoms with Crippen molar-refractivity contribution in [3.63, 3.8) is 0 Å². The summed E-state index contributed by atoms with van der Waals surface area (Å²) in [4.78, 5) is 9.18. The maximum absolute atomic E-state index is 4.76. The smallest absolute Gasteiger partial charge is 0.222 e. The van der Waals surface area contributed by atoms with E-state index in [2.05, 4.69) is 57.1 Å². The fourth-order valence-electron chi connectivity index (χ4n) is 2.79. The normalized spacial score (nSPS) is 11.4. The van der Waals surface area contributed by atoms with Gasteiger partial charge in [0.1, 0.15) is 11.5 Å². The molecule has 0 atom stereocenters. The molecule has 8 heteroatoms. The number of unbranched alkanes of at least 4 members (excludes halogenated alkanes) is 1. The first-order chi connectivity index (χ1) is 12.7. The van der Waals surface area contributed by atoms with Crippen LogP contribution >= 0.6 is 0 Å². The van der Waals surface area contributed by atoms with Crippen LogP contribution in [0.1, 0.15) is 50.8 Å². The molecule has 3 heterocycles. The zero-order chi connectivity index (χ0) is 18.4. The third-order valence-electron chi connectivity index (χ3n) is 4.15. The van der Waals surface area contributed by atoms with Crippen molar-refractivity contribution in [1.82, 2.24) is 40.4 Å². The van der Waals surface area contributed by atoms with Gasteiger partial charge in [-0.1, -0.05) is 33.3 Å². The molecule has 8 nitrogen and oxygen atoms in total. The van der Waals surface area contributed by atoms with Crippen LogP contribution in [0.4, 0.5) is 0 Å². The predicted molar refractivity (Wildman–Crippen MR) is 98.3 cm³/mol. The van der Waals surface area contributed by atoms with Crippen molar-refractivity contribution < 1.29 is 0 Å². The summed E-state index contributed by atoms with van der Waals surface area (Å²) in [7, 11) is 0. The number of nitrogens with one attached hydrogen (secondary N) is 1. The maximum Gasteiger partial charge on any atom is 0.222 e. The number of aromatic amines is 1. The van der Waals surface area contributed by atoms with E-state index in [-0.39, 0.29) is 0 Å². The zero-order valence-corrected chi connectivity index (χ0v) is 15.7. The average Bonchev–Trinajstić information content (AvgIpc) is 3.28. The number of H-pyrrole nitrogens is 1. The first-order valence-electron chi connectivity index (χ1n) is 9.27. The van der Waals surface area contributed by atoms with Crippen LogP contribution in [0, 0.1) is 5.92 Å². The van der Waals surface area contributed by atoms with Gasteiger partial charge in [0.25, 0.3) is 0 Å². The van der Waals surface area contributed by atoms with E-state index in [1.807, 2.05) is 12.3 Å². The van der Waals surface area contributed by atoms with Crippen molar-refractivity contribution in [3.8, 4) is 11.5 Å². The lowest BCUT2D eigenvalue weighted by Crippen LogP contribution is -2.08. The number of aryl methyl sites for hydroxylation is 3. The summed E-state index contributed by atoms with van der Waals surface area (Å²) in [5.41, 5.74) is 1.87. The van der Waals surface area contributed by atoms with E-state index < -0.39 is 0 Å². The number of hydrogen-bond donors (Lipinski definition) is 1. The van der Waals surface area contributed by atoms with Crippen LogP contribution in [0.2, 0.25) is 0 Å². The molecule has 26 heavy (non-hydrogen) atoms. The van der Waals surface area contributed by atoms with E-state index in [1.165, 1.54) is 0 Å². The van der Waals surface area contributed by atoms with Crippen molar-refractivity contribution in [2.45, 2.75) is 59.4 Å². The number of nitrogens with zero attached hydrogens (tertiary/aromatic N) is 7. The highest BCUT2D eigenvalue weighted by Crippen LogP contribution is 2.12. The van der Waals surface area contributed by atoms with Crippen LogP contribution in [-0.2, 0) is 25.8 Å². The Kier molecular flexibility index (Phi) is 6.04. The van der Waals surface area contributed by atoms with Crippen molar-refractivity contribution in [3.05, 3.63) is 35.5 Å². The average molecular weight is 354 g/mol. The lowest BCUT2D eigenvalue weighted by atomic mass is 10.1. The van der Waals surface area contributed by atoms with E-state index in [1.54, 1.807) is 0 Å². The predicted octanol–water partition coefficient (Wildman–Crippen LogP) is 2.64. The Bertz CT molecular complexity index is 789. The molecule has 0 saturated carbocycles. The third kappa shape index (κ3) is 4.71. The SMILES string of the molecule is CCCCc1nc(CC(C)C)nn1CCc1ccc(-c2nn[nH]n2)nc1. The molecule has 3 aromatic rings. The Morgan fingerprint density at radius 3 is 2.73 bits per heavy atom. The fraction of sp³-hybridized carbons (Fsp3) is 0.556. The zero-order valence-electron chi connectivity index (χ0n) is 15.7. The van der Waals surface area contributed by atoms with Gasteiger partial charge in [0.2, 0.25) is 5.82 Å². The molecule has 0 aliphatic rings. The Hall–Kier alpha value is -2.64. The van der Waals surface area contributed by atoms with Gasteiger partial charge in [-0.3, -0.25) is 4.98 Å². The van der Waals surface area contributed by atoms with Crippen LogP contribution in [0.15, 0.2) is 18.3 Å². The lowest BCUT2D eigenvalue weighted by molar-refractivity contribution is 0.556. The van der Waals surface area contributed by atoms with E-state index in [9.17, 15) is 0 Å². The van der Waals surface area contributed by atoms with Crippen molar-refractivity contribution in [1.29, 1.82) is 0 Å². The molecule has 0 fully saturated rings. The Morgan fingerprint density at radius 1 is 1.19 bits per heavy atom. The molecule has 0 aliphatic carbocycles. The standard InChI is InChI=1S/C18H26N8/c1-4-5-6-17-20-16(11-13(2)3)23-26(17)10-9-14-7-8-15(19-12-14)18-21-24-25-22-18/h7-8,12-13H,4-6,9-11H2,1-3H3,(H,21,22,24,25). The molecule has 3 rings (SSSR count). The molecule has 138 valence electrons. The molecule has 1 N–H and O–H groups in total. The summed E-state index contributed by atoms with van der Waals surface area (Å²) >= 11 is 0. The molecule has 0 saturated heterocycles. The van der Waals surface area contributed by atoms with E-state index in [0.717, 1.165) is 55.9 Å². The molecular formula is C18H26N8. The summed E-state index contributed by atoms with van der Waals surface area (Å²) in [6, 6.07) is 3.97. The highest BCUT2D eigenvalue weighted by molar-refractivity contribution is 5.47. The summed E-state index contributed by atoms with van der Waals surface area (Å²) in [5, 5.41) is 18.6. The van der Waals surface area contributed by atoms with Crippen molar-refractivity contribution in [2.24, 2.45) is 5.92 Å². The summed E-state index contributed by atoms with van der Waals surface area (Å²) in [5.74, 6) is 3.12. The highest BCUT2D eigenvalue weighted by atomic mass is 15.5. The molecule has 0 radical (unpaired) electrons. The summed E-state index contributed by atoms with van der Waals surface area (Å²) in [6.07, 6.45) is 6.94. The van der Waals surface area contributed by atoms with Gasteiger partial charge in [-0.05, 0) is 35.6 Å². The Balaban J connectivity index is 1.66. The van der Waals surface area contributed by atoms with E-state index in [0.29, 0.717) is 17.4 Å². The summed E-state index contributed by atoms with van der Waals surface area (Å²) < 4.78 is 2.07. The quantitative estimate of drug-likeness (QED) is 0.634. The minimum atomic E-state index is 0.507. The van der Waals surface area contributed by atoms with E-state index >= 15 is 0 Å². The highest BCUT2D eigenvalue weighted by Gasteiger charge is 2.11. The molecule has 3 aromatic heterocycles. The molecule has 0 aliphatic heterocycles. The number of hydrogen-bond acceptors (Lipinski definition) is 6. The third-order valence-corrected chi connectivity index (χ3v) is 4.15. The minimum Gasteiger partial charge on any atom is -0.252 e. The number of rotatable bonds is 9. The lowest BCUT2D eigenvalue weighted by Gasteiger charge is -2.06. The van der Waals surface area contributed by atoms with Gasteiger partial charge in [-0.15, -0.1) is 10.2 Å². The van der Waals surface area contributed by atoms with Gasteiger partial charge in [0.15, 0.2) is 5.82 Å². The number of pyridine rings is 1. The van der Waals surface area contributed by atoms with Crippen molar-refractivity contribution >= 4 is 0 Å². The Morgan fingerprint density at radius 2 is 2.08 bits per heavy atom. The molecule has 0 bridgehead atoms. The topological polar surface area (TPSA) is 98.1 Å². The first-order valence-corrected chi connectivity index (χ1v) is 9.27. The largest absolute Gasteiger partial charge is 0.252 e. The fourth-order valence-corrected chi connectivity index (χ4v) is 2.79. The van der Waals surface area contributed by atoms with Gasteiger partial charge in [-0.2, -0.15) is 10.3 Å². The second-order valence-corrected chi connectivity index (χ2v) is 6.91. The molecule has 0 unspecified atom stereocenters. The monoisotopic (exact) mass is 354 g/mol. The molecule has 0 aromatic carbocycles. The van der Waals surface area contributed by atoms with Crippen LogP contribution in [0.5, 0.6) is 0 Å².